The van der Waals surface area contributed by atoms with Gasteiger partial charge in [0.1, 0.15) is 0 Å². The number of hydrogen-bond acceptors (Lipinski definition) is 3. The van der Waals surface area contributed by atoms with Crippen molar-refractivity contribution in [2.24, 2.45) is 0 Å². The Kier molecular flexibility index (Phi) is 4.42. The van der Waals surface area contributed by atoms with Gasteiger partial charge < -0.3 is 19.5 Å². The molecule has 19 heavy (non-hydrogen) atoms. The van der Waals surface area contributed by atoms with Crippen LogP contribution in [0.3, 0.4) is 0 Å². The van der Waals surface area contributed by atoms with Crippen LogP contribution in [-0.4, -0.2) is 51.8 Å². The lowest BCUT2D eigenvalue weighted by Crippen LogP contribution is -2.53. The van der Waals surface area contributed by atoms with Gasteiger partial charge in [-0.2, -0.15) is 0 Å². The van der Waals surface area contributed by atoms with Gasteiger partial charge >= 0.3 is 6.03 Å². The van der Waals surface area contributed by atoms with Crippen LogP contribution < -0.4 is 5.32 Å². The van der Waals surface area contributed by atoms with Crippen LogP contribution in [0.4, 0.5) is 4.79 Å². The van der Waals surface area contributed by atoms with E-state index in [0.29, 0.717) is 13.1 Å². The van der Waals surface area contributed by atoms with E-state index in [1.165, 1.54) is 0 Å². The van der Waals surface area contributed by atoms with Gasteiger partial charge in [0.25, 0.3) is 0 Å². The standard InChI is InChI=1S/C13H22N4O2/c1-10(6-16-5-4-14-9-16)15-13(18)17-7-11(2)19-12(3)8-17/h4-5,9-12H,6-8H2,1-3H3,(H,15,18). The fourth-order valence-electron chi connectivity index (χ4n) is 2.40. The van der Waals surface area contributed by atoms with Crippen LogP contribution in [0.2, 0.25) is 0 Å². The monoisotopic (exact) mass is 266 g/mol. The fourth-order valence-corrected chi connectivity index (χ4v) is 2.40. The summed E-state index contributed by atoms with van der Waals surface area (Å²) in [6, 6.07) is 0.0461. The minimum atomic E-state index is -0.0189. The van der Waals surface area contributed by atoms with Gasteiger partial charge in [0.2, 0.25) is 0 Å². The zero-order chi connectivity index (χ0) is 13.8. The zero-order valence-electron chi connectivity index (χ0n) is 11.7. The molecule has 1 aromatic heterocycles. The second-order valence-corrected chi connectivity index (χ2v) is 5.27. The molecular weight excluding hydrogens is 244 g/mol. The summed E-state index contributed by atoms with van der Waals surface area (Å²) in [6.07, 6.45) is 5.57. The highest BCUT2D eigenvalue weighted by Crippen LogP contribution is 2.10. The van der Waals surface area contributed by atoms with Crippen molar-refractivity contribution in [3.8, 4) is 0 Å². The highest BCUT2D eigenvalue weighted by molar-refractivity contribution is 5.74. The third-order valence-electron chi connectivity index (χ3n) is 3.12. The molecular formula is C13H22N4O2. The topological polar surface area (TPSA) is 59.4 Å². The number of aromatic nitrogens is 2. The lowest BCUT2D eigenvalue weighted by molar-refractivity contribution is -0.0547. The minimum absolute atomic E-state index is 0.0189. The molecule has 1 saturated heterocycles. The van der Waals surface area contributed by atoms with Crippen LogP contribution in [-0.2, 0) is 11.3 Å². The van der Waals surface area contributed by atoms with Crippen molar-refractivity contribution in [3.05, 3.63) is 18.7 Å². The summed E-state index contributed by atoms with van der Waals surface area (Å²) < 4.78 is 7.58. The molecule has 2 heterocycles. The molecule has 3 unspecified atom stereocenters. The molecule has 0 spiro atoms. The molecule has 1 N–H and O–H groups in total. The molecule has 1 fully saturated rings. The minimum Gasteiger partial charge on any atom is -0.372 e. The van der Waals surface area contributed by atoms with Crippen LogP contribution >= 0.6 is 0 Å². The summed E-state index contributed by atoms with van der Waals surface area (Å²) in [7, 11) is 0. The van der Waals surface area contributed by atoms with E-state index in [-0.39, 0.29) is 24.3 Å². The highest BCUT2D eigenvalue weighted by Gasteiger charge is 2.26. The maximum absolute atomic E-state index is 12.2. The number of nitrogens with zero attached hydrogens (tertiary/aromatic N) is 3. The van der Waals surface area contributed by atoms with Crippen LogP contribution in [0.5, 0.6) is 0 Å². The molecule has 6 nitrogen and oxygen atoms in total. The number of imidazole rings is 1. The maximum atomic E-state index is 12.2. The van der Waals surface area contributed by atoms with E-state index in [1.807, 2.05) is 36.4 Å². The molecule has 0 radical (unpaired) electrons. The number of nitrogens with one attached hydrogen (secondary N) is 1. The zero-order valence-corrected chi connectivity index (χ0v) is 11.7. The van der Waals surface area contributed by atoms with Crippen molar-refractivity contribution in [2.45, 2.75) is 45.6 Å². The number of carbonyl (C=O) groups is 1. The van der Waals surface area contributed by atoms with Gasteiger partial charge in [0.15, 0.2) is 0 Å². The van der Waals surface area contributed by atoms with E-state index in [9.17, 15) is 4.79 Å². The quantitative estimate of drug-likeness (QED) is 0.891. The predicted molar refractivity (Wildman–Crippen MR) is 71.8 cm³/mol. The van der Waals surface area contributed by atoms with Gasteiger partial charge in [-0.1, -0.05) is 0 Å². The maximum Gasteiger partial charge on any atom is 0.317 e. The molecule has 0 saturated carbocycles. The van der Waals surface area contributed by atoms with E-state index in [0.717, 1.165) is 6.54 Å². The van der Waals surface area contributed by atoms with Crippen molar-refractivity contribution in [2.75, 3.05) is 13.1 Å². The van der Waals surface area contributed by atoms with Gasteiger partial charge in [0, 0.05) is 38.1 Å². The first-order valence-electron chi connectivity index (χ1n) is 6.71. The number of urea groups is 1. The first-order valence-corrected chi connectivity index (χ1v) is 6.71. The third kappa shape index (κ3) is 3.96. The number of amides is 2. The summed E-state index contributed by atoms with van der Waals surface area (Å²) >= 11 is 0. The summed E-state index contributed by atoms with van der Waals surface area (Å²) in [4.78, 5) is 18.0. The summed E-state index contributed by atoms with van der Waals surface area (Å²) in [5.74, 6) is 0. The summed E-state index contributed by atoms with van der Waals surface area (Å²) in [5.41, 5.74) is 0. The number of ether oxygens (including phenoxy) is 1. The molecule has 106 valence electrons. The second-order valence-electron chi connectivity index (χ2n) is 5.27. The predicted octanol–water partition coefficient (Wildman–Crippen LogP) is 1.09. The highest BCUT2D eigenvalue weighted by atomic mass is 16.5. The third-order valence-corrected chi connectivity index (χ3v) is 3.12. The molecule has 0 aliphatic carbocycles. The van der Waals surface area contributed by atoms with Gasteiger partial charge in [-0.05, 0) is 20.8 Å². The number of morpholine rings is 1. The molecule has 6 heteroatoms. The van der Waals surface area contributed by atoms with Crippen molar-refractivity contribution in [1.29, 1.82) is 0 Å². The van der Waals surface area contributed by atoms with Crippen LogP contribution in [0.1, 0.15) is 20.8 Å². The van der Waals surface area contributed by atoms with Gasteiger partial charge in [0.05, 0.1) is 18.5 Å². The Morgan fingerprint density at radius 3 is 2.74 bits per heavy atom. The Labute approximate surface area is 113 Å². The SMILES string of the molecule is CC(Cn1ccnc1)NC(=O)N1CC(C)OC(C)C1. The van der Waals surface area contributed by atoms with Crippen LogP contribution in [0.25, 0.3) is 0 Å². The first-order chi connectivity index (χ1) is 9.04. The Morgan fingerprint density at radius 2 is 2.16 bits per heavy atom. The van der Waals surface area contributed by atoms with E-state index < -0.39 is 0 Å². The first kappa shape index (κ1) is 13.9. The number of hydrogen-bond donors (Lipinski definition) is 1. The van der Waals surface area contributed by atoms with Gasteiger partial charge in [-0.25, -0.2) is 9.78 Å². The average molecular weight is 266 g/mol. The van der Waals surface area contributed by atoms with E-state index in [2.05, 4.69) is 10.3 Å². The van der Waals surface area contributed by atoms with Crippen molar-refractivity contribution in [1.82, 2.24) is 19.8 Å². The van der Waals surface area contributed by atoms with Gasteiger partial charge in [-0.15, -0.1) is 0 Å². The molecule has 1 aliphatic rings. The smallest absolute Gasteiger partial charge is 0.317 e. The van der Waals surface area contributed by atoms with Crippen molar-refractivity contribution in [3.63, 3.8) is 0 Å². The molecule has 0 aromatic carbocycles. The Morgan fingerprint density at radius 1 is 1.47 bits per heavy atom. The van der Waals surface area contributed by atoms with Crippen molar-refractivity contribution < 1.29 is 9.53 Å². The lowest BCUT2D eigenvalue weighted by atomic mass is 10.2. The molecule has 2 amide bonds. The number of rotatable bonds is 3. The Bertz CT molecular complexity index is 397. The second kappa shape index (κ2) is 6.06. The summed E-state index contributed by atoms with van der Waals surface area (Å²) in [6.45, 7) is 7.99. The Balaban J connectivity index is 1.82. The number of carbonyl (C=O) groups excluding carboxylic acids is 1. The molecule has 3 atom stereocenters. The Hall–Kier alpha value is -1.56. The molecule has 2 rings (SSSR count). The normalized spacial score (nSPS) is 25.1. The van der Waals surface area contributed by atoms with E-state index in [1.54, 1.807) is 12.5 Å². The van der Waals surface area contributed by atoms with E-state index in [4.69, 9.17) is 4.74 Å². The lowest BCUT2D eigenvalue weighted by Gasteiger charge is -2.35. The molecule has 1 aromatic rings. The van der Waals surface area contributed by atoms with Crippen molar-refractivity contribution >= 4 is 6.03 Å². The van der Waals surface area contributed by atoms with Gasteiger partial charge in [-0.3, -0.25) is 0 Å². The van der Waals surface area contributed by atoms with E-state index >= 15 is 0 Å². The molecule has 1 aliphatic heterocycles. The average Bonchev–Trinajstić information content (AvgIpc) is 2.80. The summed E-state index contributed by atoms with van der Waals surface area (Å²) in [5, 5.41) is 3.01. The van der Waals surface area contributed by atoms with Crippen LogP contribution in [0, 0.1) is 0 Å². The molecule has 0 bridgehead atoms. The largest absolute Gasteiger partial charge is 0.372 e. The fraction of sp³-hybridized carbons (Fsp3) is 0.692. The van der Waals surface area contributed by atoms with Crippen LogP contribution in [0.15, 0.2) is 18.7 Å².